The first-order valence-electron chi connectivity index (χ1n) is 8.88. The predicted molar refractivity (Wildman–Crippen MR) is 101 cm³/mol. The fourth-order valence-electron chi connectivity index (χ4n) is 2.96. The van der Waals surface area contributed by atoms with Gasteiger partial charge in [0.2, 0.25) is 0 Å². The number of hydrogen-bond donors (Lipinski definition) is 1. The molecule has 0 unspecified atom stereocenters. The molecule has 10 heteroatoms. The highest BCUT2D eigenvalue weighted by molar-refractivity contribution is 5.93. The number of carbonyl (C=O) groups excluding carboxylic acids is 1. The van der Waals surface area contributed by atoms with Gasteiger partial charge in [0.05, 0.1) is 28.9 Å². The van der Waals surface area contributed by atoms with Crippen molar-refractivity contribution in [2.24, 2.45) is 5.73 Å². The Labute approximate surface area is 164 Å². The number of rotatable bonds is 9. The van der Waals surface area contributed by atoms with Crippen molar-refractivity contribution in [2.75, 3.05) is 6.61 Å². The average Bonchev–Trinajstić information content (AvgIpc) is 3.08. The molecule has 8 nitrogen and oxygen atoms in total. The zero-order valence-corrected chi connectivity index (χ0v) is 15.3. The van der Waals surface area contributed by atoms with E-state index in [4.69, 9.17) is 10.5 Å². The van der Waals surface area contributed by atoms with Crippen LogP contribution in [0.15, 0.2) is 36.7 Å². The van der Waals surface area contributed by atoms with E-state index in [1.807, 2.05) is 4.57 Å². The number of nitro groups is 1. The Morgan fingerprint density at radius 1 is 1.21 bits per heavy atom. The molecule has 0 fully saturated rings. The van der Waals surface area contributed by atoms with Crippen molar-refractivity contribution in [1.29, 1.82) is 0 Å². The van der Waals surface area contributed by atoms with E-state index in [-0.39, 0.29) is 18.0 Å². The van der Waals surface area contributed by atoms with Crippen molar-refractivity contribution in [3.8, 4) is 5.75 Å². The van der Waals surface area contributed by atoms with Crippen molar-refractivity contribution in [2.45, 2.75) is 25.8 Å². The summed E-state index contributed by atoms with van der Waals surface area (Å²) in [6, 6.07) is 6.58. The van der Waals surface area contributed by atoms with Crippen molar-refractivity contribution in [1.82, 2.24) is 9.55 Å². The molecular formula is C19H18F2N4O4. The van der Waals surface area contributed by atoms with Crippen molar-refractivity contribution in [3.63, 3.8) is 0 Å². The Morgan fingerprint density at radius 2 is 2.00 bits per heavy atom. The first kappa shape index (κ1) is 20.2. The van der Waals surface area contributed by atoms with Gasteiger partial charge in [0, 0.05) is 18.7 Å². The molecule has 1 heterocycles. The molecule has 0 atom stereocenters. The number of aryl methyl sites for hydroxylation is 1. The average molecular weight is 404 g/mol. The molecule has 1 amide bonds. The predicted octanol–water partition coefficient (Wildman–Crippen LogP) is 3.57. The normalized spacial score (nSPS) is 11.0. The number of halogens is 2. The topological polar surface area (TPSA) is 113 Å². The molecule has 0 bridgehead atoms. The number of non-ortho nitro benzene ring substituents is 1. The first-order valence-corrected chi connectivity index (χ1v) is 8.88. The number of imidazole rings is 1. The molecule has 3 aromatic rings. The maximum absolute atomic E-state index is 14.1. The Bertz CT molecular complexity index is 1070. The van der Waals surface area contributed by atoms with Crippen molar-refractivity contribution in [3.05, 3.63) is 64.0 Å². The maximum atomic E-state index is 14.1. The van der Waals surface area contributed by atoms with E-state index >= 15 is 0 Å². The van der Waals surface area contributed by atoms with E-state index < -0.39 is 28.0 Å². The summed E-state index contributed by atoms with van der Waals surface area (Å²) < 4.78 is 34.7. The lowest BCUT2D eigenvalue weighted by Crippen LogP contribution is -2.16. The number of nitrogens with two attached hydrogens (primary N) is 1. The van der Waals surface area contributed by atoms with Crippen LogP contribution in [0, 0.1) is 21.7 Å². The molecule has 0 saturated carbocycles. The van der Waals surface area contributed by atoms with Crippen LogP contribution in [0.25, 0.3) is 11.0 Å². The number of primary amides is 1. The maximum Gasteiger partial charge on any atom is 0.271 e. The minimum absolute atomic E-state index is 0.00702. The Balaban J connectivity index is 1.49. The number of nitro benzene ring substituents is 1. The molecular weight excluding hydrogens is 386 g/mol. The number of carbonyl (C=O) groups is 1. The number of fused-ring (bicyclic) bond motifs is 1. The third kappa shape index (κ3) is 4.48. The third-order valence-electron chi connectivity index (χ3n) is 4.42. The number of unbranched alkanes of at least 4 members (excludes halogenated alkanes) is 2. The third-order valence-corrected chi connectivity index (χ3v) is 4.42. The van der Waals surface area contributed by atoms with Crippen LogP contribution in [0.5, 0.6) is 5.75 Å². The number of amides is 1. The van der Waals surface area contributed by atoms with E-state index in [1.54, 1.807) is 12.4 Å². The summed E-state index contributed by atoms with van der Waals surface area (Å²) in [6.45, 7) is 0.850. The highest BCUT2D eigenvalue weighted by atomic mass is 19.1. The highest BCUT2D eigenvalue weighted by Crippen LogP contribution is 2.23. The summed E-state index contributed by atoms with van der Waals surface area (Å²) in [4.78, 5) is 25.6. The lowest BCUT2D eigenvalue weighted by Gasteiger charge is -2.10. The quantitative estimate of drug-likeness (QED) is 0.333. The Morgan fingerprint density at radius 3 is 2.72 bits per heavy atom. The van der Waals surface area contributed by atoms with Crippen LogP contribution < -0.4 is 10.5 Å². The molecule has 0 radical (unpaired) electrons. The second-order valence-corrected chi connectivity index (χ2v) is 6.38. The number of ether oxygens (including phenoxy) is 1. The molecule has 0 aliphatic rings. The molecule has 2 aromatic carbocycles. The second-order valence-electron chi connectivity index (χ2n) is 6.38. The Hall–Kier alpha value is -3.56. The number of nitrogens with zero attached hydrogens (tertiary/aromatic N) is 3. The largest absolute Gasteiger partial charge is 0.490 e. The summed E-state index contributed by atoms with van der Waals surface area (Å²) in [6.07, 6.45) is 3.79. The molecule has 0 saturated heterocycles. The van der Waals surface area contributed by atoms with E-state index in [1.165, 1.54) is 12.1 Å². The van der Waals surface area contributed by atoms with E-state index in [2.05, 4.69) is 4.98 Å². The smallest absolute Gasteiger partial charge is 0.271 e. The molecule has 3 rings (SSSR count). The summed E-state index contributed by atoms with van der Waals surface area (Å²) in [5, 5.41) is 10.8. The summed E-state index contributed by atoms with van der Waals surface area (Å²) in [5.41, 5.74) is 5.51. The minimum atomic E-state index is -1.19. The number of aromatic nitrogens is 2. The lowest BCUT2D eigenvalue weighted by atomic mass is 10.1. The van der Waals surface area contributed by atoms with Gasteiger partial charge in [-0.1, -0.05) is 0 Å². The monoisotopic (exact) mass is 404 g/mol. The van der Waals surface area contributed by atoms with Crippen LogP contribution in [0.1, 0.15) is 29.6 Å². The number of benzene rings is 2. The SMILES string of the molecule is NC(=O)c1c(F)ccc(OCCCCCn2cnc3cc([N+](=O)[O-])ccc32)c1F. The van der Waals surface area contributed by atoms with Crippen LogP contribution in [0.2, 0.25) is 0 Å². The van der Waals surface area contributed by atoms with Gasteiger partial charge in [-0.05, 0) is 37.5 Å². The minimum Gasteiger partial charge on any atom is -0.490 e. The fraction of sp³-hybridized carbons (Fsp3) is 0.263. The molecule has 2 N–H and O–H groups in total. The second kappa shape index (κ2) is 8.63. The van der Waals surface area contributed by atoms with Crippen LogP contribution in [0.3, 0.4) is 0 Å². The zero-order valence-electron chi connectivity index (χ0n) is 15.3. The van der Waals surface area contributed by atoms with Gasteiger partial charge in [0.1, 0.15) is 11.4 Å². The number of hydrogen-bond acceptors (Lipinski definition) is 5. The molecule has 29 heavy (non-hydrogen) atoms. The van der Waals surface area contributed by atoms with Gasteiger partial charge >= 0.3 is 0 Å². The molecule has 0 aliphatic heterocycles. The molecule has 0 aliphatic carbocycles. The van der Waals surface area contributed by atoms with Gasteiger partial charge < -0.3 is 15.0 Å². The lowest BCUT2D eigenvalue weighted by molar-refractivity contribution is -0.384. The summed E-state index contributed by atoms with van der Waals surface area (Å²) in [5.74, 6) is -3.54. The molecule has 152 valence electrons. The van der Waals surface area contributed by atoms with Gasteiger partial charge in [-0.25, -0.2) is 13.8 Å². The molecule has 1 aromatic heterocycles. The van der Waals surface area contributed by atoms with Gasteiger partial charge in [-0.3, -0.25) is 14.9 Å². The van der Waals surface area contributed by atoms with E-state index in [9.17, 15) is 23.7 Å². The highest BCUT2D eigenvalue weighted by Gasteiger charge is 2.19. The summed E-state index contributed by atoms with van der Waals surface area (Å²) in [7, 11) is 0. The Kier molecular flexibility index (Phi) is 6.01. The van der Waals surface area contributed by atoms with Crippen LogP contribution >= 0.6 is 0 Å². The first-order chi connectivity index (χ1) is 13.9. The van der Waals surface area contributed by atoms with Crippen molar-refractivity contribution < 1.29 is 23.2 Å². The van der Waals surface area contributed by atoms with Crippen LogP contribution in [-0.4, -0.2) is 27.0 Å². The van der Waals surface area contributed by atoms with Crippen LogP contribution in [-0.2, 0) is 6.54 Å². The van der Waals surface area contributed by atoms with Gasteiger partial charge in [0.15, 0.2) is 11.6 Å². The van der Waals surface area contributed by atoms with E-state index in [0.717, 1.165) is 30.5 Å². The fourth-order valence-corrected chi connectivity index (χ4v) is 2.96. The van der Waals surface area contributed by atoms with Crippen molar-refractivity contribution >= 4 is 22.6 Å². The van der Waals surface area contributed by atoms with Crippen LogP contribution in [0.4, 0.5) is 14.5 Å². The van der Waals surface area contributed by atoms with Gasteiger partial charge in [-0.15, -0.1) is 0 Å². The van der Waals surface area contributed by atoms with E-state index in [0.29, 0.717) is 18.5 Å². The standard InChI is InChI=1S/C19H18F2N4O4/c20-13-5-7-16(18(21)17(13)19(22)26)29-9-3-1-2-8-24-11-23-14-10-12(25(27)28)4-6-15(14)24/h4-7,10-11H,1-3,8-9H2,(H2,22,26). The molecule has 0 spiro atoms. The zero-order chi connectivity index (χ0) is 21.0. The summed E-state index contributed by atoms with van der Waals surface area (Å²) >= 11 is 0. The van der Waals surface area contributed by atoms with Gasteiger partial charge in [-0.2, -0.15) is 0 Å². The van der Waals surface area contributed by atoms with Gasteiger partial charge in [0.25, 0.3) is 11.6 Å².